The van der Waals surface area contributed by atoms with E-state index in [1.165, 1.54) is 4.90 Å². The fourth-order valence-corrected chi connectivity index (χ4v) is 7.51. The van der Waals surface area contributed by atoms with Crippen molar-refractivity contribution in [2.24, 2.45) is 17.3 Å². The van der Waals surface area contributed by atoms with Crippen LogP contribution in [0.15, 0.2) is 54.6 Å². The van der Waals surface area contributed by atoms with Crippen molar-refractivity contribution in [1.29, 1.82) is 0 Å². The molecular weight excluding hydrogens is 508 g/mol. The number of amides is 2. The molecule has 1 N–H and O–H groups in total. The van der Waals surface area contributed by atoms with Crippen LogP contribution in [0.2, 0.25) is 0 Å². The van der Waals surface area contributed by atoms with Crippen LogP contribution in [0, 0.1) is 17.3 Å². The molecule has 2 fully saturated rings. The van der Waals surface area contributed by atoms with Crippen LogP contribution in [0.3, 0.4) is 0 Å². The van der Waals surface area contributed by atoms with E-state index >= 15 is 0 Å². The van der Waals surface area contributed by atoms with Crippen LogP contribution in [0.25, 0.3) is 0 Å². The van der Waals surface area contributed by atoms with Gasteiger partial charge in [-0.05, 0) is 44.1 Å². The summed E-state index contributed by atoms with van der Waals surface area (Å²) in [6.07, 6.45) is 8.48. The molecule has 4 aliphatic heterocycles. The third kappa shape index (κ3) is 4.90. The fourth-order valence-electron chi connectivity index (χ4n) is 7.51. The zero-order chi connectivity index (χ0) is 28.9. The average Bonchev–Trinajstić information content (AvgIpc) is 3.25. The van der Waals surface area contributed by atoms with E-state index in [4.69, 9.17) is 9.47 Å². The van der Waals surface area contributed by atoms with Crippen LogP contribution < -0.4 is 0 Å². The highest BCUT2D eigenvalue weighted by molar-refractivity contribution is 5.99. The average molecular weight is 551 g/mol. The van der Waals surface area contributed by atoms with Crippen LogP contribution in [0.5, 0.6) is 0 Å². The first-order valence-electron chi connectivity index (χ1n) is 14.4. The van der Waals surface area contributed by atoms with E-state index in [0.29, 0.717) is 19.4 Å². The van der Waals surface area contributed by atoms with Gasteiger partial charge >= 0.3 is 5.97 Å². The molecule has 6 atom stereocenters. The quantitative estimate of drug-likeness (QED) is 0.432. The summed E-state index contributed by atoms with van der Waals surface area (Å²) in [6.45, 7) is 10.8. The van der Waals surface area contributed by atoms with Crippen molar-refractivity contribution in [2.75, 3.05) is 19.8 Å². The standard InChI is InChI=1S/C32H42N2O6/c1-30(2,3)20-31(4,5)33-16-11-15-32-25(24-23(40-32)14-9-10-17-39-29(24)38)27(36)34(26(32)28(33)37)22(19-35)18-21-12-7-6-8-13-21/h6-9,11-15,22-26,35H,10,16-20H2,1-5H3/t22-,23+,24-,25+,26?,32+/m1/s1. The lowest BCUT2D eigenvalue weighted by atomic mass is 9.77. The summed E-state index contributed by atoms with van der Waals surface area (Å²) in [7, 11) is 0. The lowest BCUT2D eigenvalue weighted by molar-refractivity contribution is -0.158. The highest BCUT2D eigenvalue weighted by atomic mass is 16.6. The summed E-state index contributed by atoms with van der Waals surface area (Å²) < 4.78 is 12.2. The number of aliphatic hydroxyl groups excluding tert-OH is 1. The molecule has 40 heavy (non-hydrogen) atoms. The van der Waals surface area contributed by atoms with Crippen molar-refractivity contribution in [3.05, 3.63) is 60.2 Å². The number of rotatable bonds is 6. The Morgan fingerprint density at radius 3 is 2.45 bits per heavy atom. The predicted molar refractivity (Wildman–Crippen MR) is 150 cm³/mol. The minimum atomic E-state index is -1.35. The minimum Gasteiger partial charge on any atom is -0.465 e. The third-order valence-corrected chi connectivity index (χ3v) is 8.67. The van der Waals surface area contributed by atoms with Gasteiger partial charge in [0.15, 0.2) is 0 Å². The molecule has 4 aliphatic rings. The highest BCUT2D eigenvalue weighted by Gasteiger charge is 2.72. The summed E-state index contributed by atoms with van der Waals surface area (Å²) in [4.78, 5) is 45.9. The molecule has 8 heteroatoms. The van der Waals surface area contributed by atoms with Gasteiger partial charge in [0.25, 0.3) is 0 Å². The third-order valence-electron chi connectivity index (χ3n) is 8.67. The molecule has 1 unspecified atom stereocenters. The van der Waals surface area contributed by atoms with Gasteiger partial charge in [0.2, 0.25) is 11.8 Å². The van der Waals surface area contributed by atoms with E-state index in [-0.39, 0.29) is 30.4 Å². The number of hydrogen-bond donors (Lipinski definition) is 1. The Labute approximate surface area is 237 Å². The first-order chi connectivity index (χ1) is 18.9. The van der Waals surface area contributed by atoms with E-state index in [2.05, 4.69) is 34.6 Å². The molecule has 0 aromatic heterocycles. The molecule has 8 nitrogen and oxygen atoms in total. The Balaban J connectivity index is 1.63. The maximum atomic E-state index is 14.7. The fraction of sp³-hybridized carbons (Fsp3) is 0.594. The van der Waals surface area contributed by atoms with E-state index in [1.54, 1.807) is 0 Å². The largest absolute Gasteiger partial charge is 0.465 e. The lowest BCUT2D eigenvalue weighted by Crippen LogP contribution is -2.62. The Hall–Kier alpha value is -2.97. The number of carbonyl (C=O) groups excluding carboxylic acids is 3. The number of hydrogen-bond acceptors (Lipinski definition) is 6. The Kier molecular flexibility index (Phi) is 7.46. The van der Waals surface area contributed by atoms with E-state index < -0.39 is 47.1 Å². The van der Waals surface area contributed by atoms with Crippen molar-refractivity contribution >= 4 is 17.8 Å². The molecule has 2 saturated heterocycles. The number of likely N-dealkylation sites (tertiary alicyclic amines) is 1. The number of aliphatic hydroxyl groups is 1. The maximum Gasteiger partial charge on any atom is 0.312 e. The molecule has 0 saturated carbocycles. The van der Waals surface area contributed by atoms with Gasteiger partial charge in [0.1, 0.15) is 17.6 Å². The zero-order valence-corrected chi connectivity index (χ0v) is 24.2. The van der Waals surface area contributed by atoms with E-state index in [0.717, 1.165) is 12.0 Å². The second-order valence-electron chi connectivity index (χ2n) is 13.4. The second-order valence-corrected chi connectivity index (χ2v) is 13.4. The Morgan fingerprint density at radius 1 is 1.05 bits per heavy atom. The molecule has 0 aliphatic carbocycles. The van der Waals surface area contributed by atoms with Crippen LogP contribution in [0.4, 0.5) is 0 Å². The number of cyclic esters (lactones) is 1. The van der Waals surface area contributed by atoms with Gasteiger partial charge in [0, 0.05) is 12.1 Å². The summed E-state index contributed by atoms with van der Waals surface area (Å²) >= 11 is 0. The first kappa shape index (κ1) is 28.6. The summed E-state index contributed by atoms with van der Waals surface area (Å²) in [6, 6.07) is 7.91. The molecule has 5 rings (SSSR count). The van der Waals surface area contributed by atoms with Crippen LogP contribution in [-0.2, 0) is 30.3 Å². The molecule has 1 spiro atoms. The molecule has 1 aromatic carbocycles. The lowest BCUT2D eigenvalue weighted by Gasteiger charge is -2.45. The second kappa shape index (κ2) is 10.5. The van der Waals surface area contributed by atoms with E-state index in [9.17, 15) is 19.5 Å². The van der Waals surface area contributed by atoms with Crippen molar-refractivity contribution in [2.45, 2.75) is 83.2 Å². The monoisotopic (exact) mass is 550 g/mol. The number of carbonyl (C=O) groups is 3. The van der Waals surface area contributed by atoms with Gasteiger partial charge in [-0.2, -0.15) is 0 Å². The smallest absolute Gasteiger partial charge is 0.312 e. The Bertz CT molecular complexity index is 1200. The summed E-state index contributed by atoms with van der Waals surface area (Å²) in [5.74, 6) is -2.88. The van der Waals surface area contributed by atoms with Gasteiger partial charge in [-0.15, -0.1) is 0 Å². The van der Waals surface area contributed by atoms with Crippen molar-refractivity contribution in [3.63, 3.8) is 0 Å². The van der Waals surface area contributed by atoms with Crippen molar-refractivity contribution < 1.29 is 29.0 Å². The number of esters is 1. The molecule has 4 heterocycles. The molecule has 0 radical (unpaired) electrons. The van der Waals surface area contributed by atoms with Gasteiger partial charge < -0.3 is 24.4 Å². The highest BCUT2D eigenvalue weighted by Crippen LogP contribution is 2.54. The van der Waals surface area contributed by atoms with Crippen LogP contribution >= 0.6 is 0 Å². The molecule has 2 amide bonds. The number of fused-ring (bicyclic) bond motifs is 2. The van der Waals surface area contributed by atoms with Gasteiger partial charge in [-0.25, -0.2) is 0 Å². The Morgan fingerprint density at radius 2 is 1.77 bits per heavy atom. The number of nitrogens with zero attached hydrogens (tertiary/aromatic N) is 2. The van der Waals surface area contributed by atoms with Crippen molar-refractivity contribution in [1.82, 2.24) is 9.80 Å². The van der Waals surface area contributed by atoms with Crippen molar-refractivity contribution in [3.8, 4) is 0 Å². The van der Waals surface area contributed by atoms with Gasteiger partial charge in [-0.3, -0.25) is 14.4 Å². The van der Waals surface area contributed by atoms with Gasteiger partial charge in [-0.1, -0.05) is 75.4 Å². The van der Waals surface area contributed by atoms with Gasteiger partial charge in [0.05, 0.1) is 31.3 Å². The number of benzene rings is 1. The predicted octanol–water partition coefficient (Wildman–Crippen LogP) is 3.29. The molecule has 1 aromatic rings. The molecular formula is C32H42N2O6. The van der Waals surface area contributed by atoms with Crippen LogP contribution in [-0.4, -0.2) is 81.8 Å². The first-order valence-corrected chi connectivity index (χ1v) is 14.4. The van der Waals surface area contributed by atoms with Crippen LogP contribution in [0.1, 0.15) is 53.0 Å². The SMILES string of the molecule is CC(C)(C)CC(C)(C)N1CC=C[C@]23O[C@H]4C=CCCOC(=O)[C@H]4[C@H]2C(=O)N([C@@H](CO)Cc2ccccc2)C3C1=O. The molecule has 0 bridgehead atoms. The number of ether oxygens (including phenoxy) is 2. The summed E-state index contributed by atoms with van der Waals surface area (Å²) in [5, 5.41) is 10.6. The topological polar surface area (TPSA) is 96.4 Å². The minimum absolute atomic E-state index is 0.0456. The molecule has 216 valence electrons. The summed E-state index contributed by atoms with van der Waals surface area (Å²) in [5.41, 5.74) is -0.982. The maximum absolute atomic E-state index is 14.7. The van der Waals surface area contributed by atoms with E-state index in [1.807, 2.05) is 59.5 Å². The zero-order valence-electron chi connectivity index (χ0n) is 24.2. The normalized spacial score (nSPS) is 31.2.